The third kappa shape index (κ3) is 30.8. The molecule has 0 aliphatic heterocycles. The average Bonchev–Trinajstić information content (AvgIpc) is 2.58. The number of hydrogen-bond donors (Lipinski definition) is 2. The highest BCUT2D eigenvalue weighted by atomic mass is 16.4. The molecule has 0 rings (SSSR count). The highest BCUT2D eigenvalue weighted by molar-refractivity contribution is 5.66. The fourth-order valence-corrected chi connectivity index (χ4v) is 1.93. The lowest BCUT2D eigenvalue weighted by Gasteiger charge is -1.90. The van der Waals surface area contributed by atoms with E-state index >= 15 is 0 Å². The highest BCUT2D eigenvalue weighted by Gasteiger charge is 1.92. The predicted octanol–water partition coefficient (Wildman–Crippen LogP) is 6.18. The topological polar surface area (TPSA) is 63.3 Å². The zero-order chi connectivity index (χ0) is 19.0. The second kappa shape index (κ2) is 24.6. The van der Waals surface area contributed by atoms with E-state index in [-0.39, 0.29) is 6.42 Å². The number of carboxylic acid groups (broad SMARTS) is 1. The molecule has 25 heavy (non-hydrogen) atoms. The minimum Gasteiger partial charge on any atom is -0.481 e. The van der Waals surface area contributed by atoms with Crippen molar-refractivity contribution in [2.45, 2.75) is 78.1 Å². The molecule has 0 aromatic rings. The van der Waals surface area contributed by atoms with Gasteiger partial charge in [-0.15, -0.1) is 0 Å². The molecule has 3 nitrogen and oxygen atoms in total. The molecule has 0 heterocycles. The largest absolute Gasteiger partial charge is 0.481 e. The maximum absolute atomic E-state index is 10.3. The first-order chi connectivity index (χ1) is 12.2. The van der Waals surface area contributed by atoms with Crippen LogP contribution < -0.4 is 5.73 Å². The van der Waals surface area contributed by atoms with Gasteiger partial charge in [-0.2, -0.15) is 0 Å². The van der Waals surface area contributed by atoms with Gasteiger partial charge in [-0.3, -0.25) is 4.79 Å². The summed E-state index contributed by atoms with van der Waals surface area (Å²) in [6.07, 6.45) is 27.3. The lowest BCUT2D eigenvalue weighted by molar-refractivity contribution is -0.137. The van der Waals surface area contributed by atoms with Crippen molar-refractivity contribution in [1.82, 2.24) is 0 Å². The Balaban J connectivity index is 0. The summed E-state index contributed by atoms with van der Waals surface area (Å²) < 4.78 is 0. The molecule has 0 spiro atoms. The van der Waals surface area contributed by atoms with Crippen molar-refractivity contribution >= 4 is 5.97 Å². The van der Waals surface area contributed by atoms with Gasteiger partial charge in [-0.1, -0.05) is 75.3 Å². The van der Waals surface area contributed by atoms with Crippen molar-refractivity contribution in [2.24, 2.45) is 5.73 Å². The quantitative estimate of drug-likeness (QED) is 0.290. The summed E-state index contributed by atoms with van der Waals surface area (Å²) in [5, 5.41) is 8.49. The second-order valence-electron chi connectivity index (χ2n) is 5.78. The van der Waals surface area contributed by atoms with Gasteiger partial charge in [0, 0.05) is 6.42 Å². The van der Waals surface area contributed by atoms with Crippen LogP contribution in [0.1, 0.15) is 78.1 Å². The van der Waals surface area contributed by atoms with Crippen LogP contribution in [0.4, 0.5) is 0 Å². The molecule has 0 saturated carbocycles. The normalized spacial score (nSPS) is 11.6. The molecule has 0 bridgehead atoms. The third-order valence-corrected chi connectivity index (χ3v) is 3.22. The average molecular weight is 350 g/mol. The zero-order valence-electron chi connectivity index (χ0n) is 16.3. The summed E-state index contributed by atoms with van der Waals surface area (Å²) in [7, 11) is 0. The van der Waals surface area contributed by atoms with Gasteiger partial charge in [0.15, 0.2) is 0 Å². The Hall–Kier alpha value is -1.61. The maximum Gasteiger partial charge on any atom is 0.303 e. The van der Waals surface area contributed by atoms with E-state index in [1.807, 2.05) is 6.92 Å². The van der Waals surface area contributed by atoms with Crippen LogP contribution in [0.15, 0.2) is 48.6 Å². The molecule has 0 aromatic heterocycles. The van der Waals surface area contributed by atoms with Crippen molar-refractivity contribution in [3.05, 3.63) is 48.6 Å². The summed E-state index contributed by atoms with van der Waals surface area (Å²) in [6.45, 7) is 4.88. The molecule has 0 atom stereocenters. The van der Waals surface area contributed by atoms with Crippen molar-refractivity contribution < 1.29 is 9.90 Å². The van der Waals surface area contributed by atoms with Gasteiger partial charge in [0.1, 0.15) is 0 Å². The van der Waals surface area contributed by atoms with E-state index in [1.165, 1.54) is 25.7 Å². The molecule has 0 aliphatic rings. The molecule has 144 valence electrons. The SMILES string of the molecule is CCCCC/C=C\C/C=C\C/C=C\C/C=C\CCCC(=O)O.CCN. The Morgan fingerprint density at radius 2 is 1.16 bits per heavy atom. The van der Waals surface area contributed by atoms with Crippen molar-refractivity contribution in [3.8, 4) is 0 Å². The molecule has 0 unspecified atom stereocenters. The Kier molecular flexibility index (Phi) is 25.3. The minimum atomic E-state index is -0.712. The third-order valence-electron chi connectivity index (χ3n) is 3.22. The number of unbranched alkanes of at least 4 members (excludes halogenated alkanes) is 4. The van der Waals surface area contributed by atoms with Crippen LogP contribution in [0.2, 0.25) is 0 Å². The van der Waals surface area contributed by atoms with Crippen molar-refractivity contribution in [1.29, 1.82) is 0 Å². The minimum absolute atomic E-state index is 0.262. The number of rotatable bonds is 14. The van der Waals surface area contributed by atoms with E-state index in [4.69, 9.17) is 10.8 Å². The molecule has 0 fully saturated rings. The fraction of sp³-hybridized carbons (Fsp3) is 0.591. The summed E-state index contributed by atoms with van der Waals surface area (Å²) in [5.74, 6) is -0.712. The van der Waals surface area contributed by atoms with Gasteiger partial charge < -0.3 is 10.8 Å². The summed E-state index contributed by atoms with van der Waals surface area (Å²) in [4.78, 5) is 10.3. The van der Waals surface area contributed by atoms with Crippen LogP contribution in [0, 0.1) is 0 Å². The summed E-state index contributed by atoms with van der Waals surface area (Å²) >= 11 is 0. The zero-order valence-corrected chi connectivity index (χ0v) is 16.3. The van der Waals surface area contributed by atoms with Gasteiger partial charge in [0.2, 0.25) is 0 Å². The molecule has 0 aliphatic carbocycles. The van der Waals surface area contributed by atoms with Gasteiger partial charge in [0.05, 0.1) is 0 Å². The number of hydrogen-bond acceptors (Lipinski definition) is 2. The van der Waals surface area contributed by atoms with Crippen LogP contribution in [0.25, 0.3) is 0 Å². The van der Waals surface area contributed by atoms with E-state index in [0.29, 0.717) is 0 Å². The van der Waals surface area contributed by atoms with Gasteiger partial charge >= 0.3 is 5.97 Å². The van der Waals surface area contributed by atoms with Crippen LogP contribution >= 0.6 is 0 Å². The van der Waals surface area contributed by atoms with Crippen LogP contribution in [-0.2, 0) is 4.79 Å². The van der Waals surface area contributed by atoms with Gasteiger partial charge in [-0.05, 0) is 51.5 Å². The van der Waals surface area contributed by atoms with E-state index < -0.39 is 5.97 Å². The predicted molar refractivity (Wildman–Crippen MR) is 111 cm³/mol. The van der Waals surface area contributed by atoms with Crippen LogP contribution in [0.3, 0.4) is 0 Å². The number of allylic oxidation sites excluding steroid dienone is 8. The summed E-state index contributed by atoms with van der Waals surface area (Å²) in [5.41, 5.74) is 4.85. The monoisotopic (exact) mass is 349 g/mol. The number of nitrogens with two attached hydrogens (primary N) is 1. The number of carboxylic acids is 1. The smallest absolute Gasteiger partial charge is 0.303 e. The molecular weight excluding hydrogens is 310 g/mol. The number of aliphatic carboxylic acids is 1. The standard InChI is InChI=1S/C20H32O2.C2H7N/c1-2-3-4-5-6-7-8-9-10-11-12-13-14-15-16-17-18-19-20(21)22;1-2-3/h6-7,9-10,12-13,15-16H,2-5,8,11,14,17-19H2,1H3,(H,21,22);2-3H2,1H3/b7-6-,10-9-,13-12-,16-15-;. The second-order valence-corrected chi connectivity index (χ2v) is 5.78. The molecular formula is C22H39NO2. The Morgan fingerprint density at radius 1 is 0.760 bits per heavy atom. The van der Waals surface area contributed by atoms with Crippen LogP contribution in [-0.4, -0.2) is 17.6 Å². The highest BCUT2D eigenvalue weighted by Crippen LogP contribution is 2.01. The first-order valence-electron chi connectivity index (χ1n) is 9.70. The molecule has 3 heteroatoms. The van der Waals surface area contributed by atoms with E-state index in [1.54, 1.807) is 0 Å². The Morgan fingerprint density at radius 3 is 1.56 bits per heavy atom. The maximum atomic E-state index is 10.3. The van der Waals surface area contributed by atoms with Gasteiger partial charge in [-0.25, -0.2) is 0 Å². The van der Waals surface area contributed by atoms with E-state index in [0.717, 1.165) is 38.6 Å². The fourth-order valence-electron chi connectivity index (χ4n) is 1.93. The lowest BCUT2D eigenvalue weighted by atomic mass is 10.2. The molecule has 0 saturated heterocycles. The summed E-state index contributed by atoms with van der Waals surface area (Å²) in [6, 6.07) is 0. The van der Waals surface area contributed by atoms with E-state index in [2.05, 4.69) is 55.5 Å². The van der Waals surface area contributed by atoms with Crippen LogP contribution in [0.5, 0.6) is 0 Å². The first-order valence-corrected chi connectivity index (χ1v) is 9.70. The van der Waals surface area contributed by atoms with Crippen molar-refractivity contribution in [3.63, 3.8) is 0 Å². The van der Waals surface area contributed by atoms with Crippen molar-refractivity contribution in [2.75, 3.05) is 6.54 Å². The Bertz CT molecular complexity index is 381. The number of carbonyl (C=O) groups is 1. The molecule has 0 amide bonds. The molecule has 0 aromatic carbocycles. The van der Waals surface area contributed by atoms with E-state index in [9.17, 15) is 4.79 Å². The Labute approximate surface area is 155 Å². The van der Waals surface area contributed by atoms with Gasteiger partial charge in [0.25, 0.3) is 0 Å². The first kappa shape index (κ1) is 25.6. The molecule has 0 radical (unpaired) electrons. The lowest BCUT2D eigenvalue weighted by Crippen LogP contribution is -1.92. The molecule has 3 N–H and O–H groups in total.